The van der Waals surface area contributed by atoms with E-state index >= 15 is 0 Å². The Labute approximate surface area is 358 Å². The Balaban J connectivity index is 0.00000683. The molecule has 0 bridgehead atoms. The largest absolute Gasteiger partial charge is 0.453 e. The summed E-state index contributed by atoms with van der Waals surface area (Å²) >= 11 is 4.55. The van der Waals surface area contributed by atoms with Gasteiger partial charge in [-0.25, -0.2) is 14.8 Å². The van der Waals surface area contributed by atoms with Crippen molar-refractivity contribution in [2.24, 2.45) is 23.7 Å². The maximum atomic E-state index is 13.8. The molecule has 7 atom stereocenters. The third-order valence-corrected chi connectivity index (χ3v) is 13.2. The lowest BCUT2D eigenvalue weighted by Gasteiger charge is -2.30. The number of nitrogens with one attached hydrogen (secondary N) is 4. The molecule has 16 nitrogen and oxygen atoms in total. The van der Waals surface area contributed by atoms with Gasteiger partial charge in [0.1, 0.15) is 24.3 Å². The molecule has 2 aromatic heterocycles. The Kier molecular flexibility index (Phi) is 15.7. The first kappa shape index (κ1) is 46.0. The van der Waals surface area contributed by atoms with Gasteiger partial charge in [-0.1, -0.05) is 76.2 Å². The highest BCUT2D eigenvalue weighted by atomic mass is 32.2. The first-order valence-electron chi connectivity index (χ1n) is 19.8. The average Bonchev–Trinajstić information content (AvgIpc) is 4.07. The molecule has 2 aliphatic heterocycles. The number of hydrogen-bond donors (Lipinski definition) is 5. The predicted molar refractivity (Wildman–Crippen MR) is 232 cm³/mol. The Bertz CT molecular complexity index is 2110. The van der Waals surface area contributed by atoms with Crippen molar-refractivity contribution in [3.05, 3.63) is 72.6 Å². The number of carbonyl (C=O) groups is 3. The van der Waals surface area contributed by atoms with Crippen LogP contribution in [0.15, 0.2) is 60.9 Å². The van der Waals surface area contributed by atoms with Crippen molar-refractivity contribution < 1.29 is 38.6 Å². The fourth-order valence-electron chi connectivity index (χ4n) is 7.88. The molecule has 60 heavy (non-hydrogen) atoms. The van der Waals surface area contributed by atoms with Crippen molar-refractivity contribution >= 4 is 47.7 Å². The molecule has 2 unspecified atom stereocenters. The molecule has 2 aromatic carbocycles. The zero-order chi connectivity index (χ0) is 42.4. The number of aromatic nitrogens is 4. The van der Waals surface area contributed by atoms with Crippen LogP contribution in [-0.4, -0.2) is 114 Å². The minimum Gasteiger partial charge on any atom is -0.453 e. The molecule has 0 saturated carbocycles. The molecule has 0 aliphatic carbocycles. The second-order valence-electron chi connectivity index (χ2n) is 15.9. The van der Waals surface area contributed by atoms with Crippen molar-refractivity contribution in [2.45, 2.75) is 63.9 Å². The molecule has 0 radical (unpaired) electrons. The van der Waals surface area contributed by atoms with Crippen LogP contribution in [0.2, 0.25) is 0 Å². The standard InChI is InChI=1S/C42H54N8O7S2.H2O/c1-24(2)32(21-56-57-23-43)40(51)49-19-26(22-58)15-35(49)38-44-17-33(46-38)29-11-7-27(8-12-29)28-9-13-30(14-10-28)34-18-45-39(47-34)36-16-31(59(6)54)20-50(36)41(52)37(25(3)4)48-42(53)55-5;/h7-14,17-18,23-26,31-32,35-37,43,58H,15-16,19-22H2,1-6H3,(H,44,46)(H,45,47)(H,48,53);1H2/t26-,31-,32?,35-,36-,37-,59?;/m0./s1. The molecular weight excluding hydrogens is 809 g/mol. The van der Waals surface area contributed by atoms with E-state index < -0.39 is 34.9 Å². The van der Waals surface area contributed by atoms with Gasteiger partial charge < -0.3 is 40.2 Å². The Morgan fingerprint density at radius 3 is 1.85 bits per heavy atom. The number of imidazole rings is 2. The van der Waals surface area contributed by atoms with Crippen LogP contribution in [0.3, 0.4) is 0 Å². The summed E-state index contributed by atoms with van der Waals surface area (Å²) in [5.41, 5.74) is 5.56. The third-order valence-electron chi connectivity index (χ3n) is 11.4. The molecule has 2 aliphatic rings. The molecule has 6 N–H and O–H groups in total. The number of ether oxygens (including phenoxy) is 1. The first-order valence-corrected chi connectivity index (χ1v) is 22.1. The lowest BCUT2D eigenvalue weighted by atomic mass is 9.95. The minimum atomic E-state index is -1.16. The van der Waals surface area contributed by atoms with Crippen LogP contribution in [0.4, 0.5) is 4.79 Å². The number of rotatable bonds is 16. The number of benzene rings is 2. The number of hydrogen-bond acceptors (Lipinski definition) is 11. The summed E-state index contributed by atoms with van der Waals surface area (Å²) in [5.74, 6) is 1.27. The van der Waals surface area contributed by atoms with Crippen LogP contribution in [0, 0.1) is 29.1 Å². The summed E-state index contributed by atoms with van der Waals surface area (Å²) in [4.78, 5) is 69.3. The number of alkyl carbamates (subject to hydrolysis) is 1. The smallest absolute Gasteiger partial charge is 0.407 e. The highest BCUT2D eigenvalue weighted by Gasteiger charge is 2.43. The molecule has 3 amide bonds. The summed E-state index contributed by atoms with van der Waals surface area (Å²) in [6, 6.07) is 14.9. The van der Waals surface area contributed by atoms with E-state index in [9.17, 15) is 18.6 Å². The van der Waals surface area contributed by atoms with Crippen LogP contribution in [-0.2, 0) is 34.9 Å². The zero-order valence-electron chi connectivity index (χ0n) is 34.7. The third kappa shape index (κ3) is 10.3. The Morgan fingerprint density at radius 2 is 1.38 bits per heavy atom. The Hall–Kier alpha value is -5.04. The summed E-state index contributed by atoms with van der Waals surface area (Å²) in [5, 5.41) is 9.49. The van der Waals surface area contributed by atoms with Crippen LogP contribution >= 0.6 is 12.6 Å². The maximum Gasteiger partial charge on any atom is 0.407 e. The van der Waals surface area contributed by atoms with E-state index in [1.807, 2.05) is 69.0 Å². The summed E-state index contributed by atoms with van der Waals surface area (Å²) in [6.07, 6.45) is 6.44. The van der Waals surface area contributed by atoms with E-state index in [-0.39, 0.29) is 52.9 Å². The summed E-state index contributed by atoms with van der Waals surface area (Å²) in [6.45, 7) is 8.57. The summed E-state index contributed by atoms with van der Waals surface area (Å²) in [7, 11) is 0.0984. The van der Waals surface area contributed by atoms with Gasteiger partial charge in [-0.15, -0.1) is 0 Å². The van der Waals surface area contributed by atoms with Gasteiger partial charge in [0.25, 0.3) is 0 Å². The molecule has 324 valence electrons. The van der Waals surface area contributed by atoms with Crippen molar-refractivity contribution in [1.29, 1.82) is 5.41 Å². The molecule has 2 saturated heterocycles. The van der Waals surface area contributed by atoms with Gasteiger partial charge in [-0.3, -0.25) is 19.2 Å². The quantitative estimate of drug-likeness (QED) is 0.0244. The van der Waals surface area contributed by atoms with Crippen LogP contribution in [0.5, 0.6) is 0 Å². The van der Waals surface area contributed by atoms with E-state index in [0.717, 1.165) is 45.9 Å². The van der Waals surface area contributed by atoms with Gasteiger partial charge in [-0.2, -0.15) is 17.5 Å². The van der Waals surface area contributed by atoms with Gasteiger partial charge in [0.15, 0.2) is 0 Å². The van der Waals surface area contributed by atoms with E-state index in [1.54, 1.807) is 23.5 Å². The van der Waals surface area contributed by atoms with Gasteiger partial charge >= 0.3 is 6.09 Å². The number of carbonyl (C=O) groups excluding carboxylic acids is 3. The molecular formula is C42H56N8O8S2. The Morgan fingerprint density at radius 1 is 0.867 bits per heavy atom. The number of nitrogens with zero attached hydrogens (tertiary/aromatic N) is 4. The number of amides is 3. The highest BCUT2D eigenvalue weighted by Crippen LogP contribution is 2.38. The monoisotopic (exact) mass is 864 g/mol. The molecule has 6 rings (SSSR count). The van der Waals surface area contributed by atoms with Crippen LogP contribution in [0.1, 0.15) is 64.3 Å². The van der Waals surface area contributed by atoms with E-state index in [0.29, 0.717) is 37.5 Å². The van der Waals surface area contributed by atoms with Gasteiger partial charge in [0.05, 0.1) is 54.1 Å². The number of likely N-dealkylation sites (tertiary alicyclic amines) is 2. The zero-order valence-corrected chi connectivity index (χ0v) is 36.4. The number of aromatic amines is 2. The molecule has 2 fully saturated rings. The predicted octanol–water partition coefficient (Wildman–Crippen LogP) is 5.36. The normalized spacial score (nSPS) is 20.4. The second-order valence-corrected chi connectivity index (χ2v) is 17.9. The van der Waals surface area contributed by atoms with Gasteiger partial charge in [0, 0.05) is 30.1 Å². The van der Waals surface area contributed by atoms with Crippen molar-refractivity contribution in [3.8, 4) is 33.6 Å². The van der Waals surface area contributed by atoms with Crippen molar-refractivity contribution in [2.75, 3.05) is 38.8 Å². The SMILES string of the molecule is COC(=O)N[C@H](C(=O)N1C[C@@H](S(C)=O)C[C@H]1c1ncc(-c2ccc(-c3ccc(-c4cnc([C@@H]5C[C@H](CS)CN5C(=O)C(COOC=N)C(C)C)[nH]4)cc3)cc2)[nH]1)C(C)C.O. The van der Waals surface area contributed by atoms with Crippen LogP contribution < -0.4 is 5.32 Å². The number of H-pyrrole nitrogens is 2. The van der Waals surface area contributed by atoms with E-state index in [1.165, 1.54) is 7.11 Å². The average molecular weight is 865 g/mol. The van der Waals surface area contributed by atoms with Crippen molar-refractivity contribution in [1.82, 2.24) is 35.1 Å². The van der Waals surface area contributed by atoms with Crippen LogP contribution in [0.25, 0.3) is 33.6 Å². The fourth-order valence-corrected chi connectivity index (χ4v) is 8.96. The van der Waals surface area contributed by atoms with E-state index in [4.69, 9.17) is 20.0 Å². The lowest BCUT2D eigenvalue weighted by Crippen LogP contribution is -2.51. The molecule has 4 heterocycles. The summed E-state index contributed by atoms with van der Waals surface area (Å²) < 4.78 is 17.3. The maximum absolute atomic E-state index is 13.8. The molecule has 0 spiro atoms. The van der Waals surface area contributed by atoms with Crippen molar-refractivity contribution in [3.63, 3.8) is 0 Å². The number of methoxy groups -OCH3 is 1. The highest BCUT2D eigenvalue weighted by molar-refractivity contribution is 7.84. The first-order chi connectivity index (χ1) is 28.3. The second kappa shape index (κ2) is 20.5. The topological polar surface area (TPSA) is 227 Å². The molecule has 4 aromatic rings. The lowest BCUT2D eigenvalue weighted by molar-refractivity contribution is -0.229. The molecule has 18 heteroatoms. The number of thiol groups is 1. The fraction of sp³-hybridized carbons (Fsp3) is 0.476. The van der Waals surface area contributed by atoms with E-state index in [2.05, 4.69) is 49.9 Å². The minimum absolute atomic E-state index is 0. The van der Waals surface area contributed by atoms with Gasteiger partial charge in [-0.05, 0) is 58.6 Å². The van der Waals surface area contributed by atoms with Gasteiger partial charge in [0.2, 0.25) is 18.2 Å².